The molecule has 0 aromatic rings. The fraction of sp³-hybridized carbons (Fsp3) is 0.818. The SMILES string of the molecule is CCNC(C)CC(=O)NCC(CC)C(=O)O. The van der Waals surface area contributed by atoms with Gasteiger partial charge in [-0.15, -0.1) is 0 Å². The summed E-state index contributed by atoms with van der Waals surface area (Å²) in [5.41, 5.74) is 0. The molecule has 0 aliphatic rings. The number of carbonyl (C=O) groups is 2. The van der Waals surface area contributed by atoms with Crippen LogP contribution in [-0.2, 0) is 9.59 Å². The van der Waals surface area contributed by atoms with E-state index in [1.807, 2.05) is 13.8 Å². The number of hydrogen-bond acceptors (Lipinski definition) is 3. The number of carboxylic acid groups (broad SMARTS) is 1. The molecule has 5 nitrogen and oxygen atoms in total. The zero-order valence-electron chi connectivity index (χ0n) is 10.2. The molecule has 0 heterocycles. The highest BCUT2D eigenvalue weighted by atomic mass is 16.4. The van der Waals surface area contributed by atoms with Crippen molar-refractivity contribution in [2.24, 2.45) is 5.92 Å². The highest BCUT2D eigenvalue weighted by Crippen LogP contribution is 2.00. The summed E-state index contributed by atoms with van der Waals surface area (Å²) in [5.74, 6) is -1.45. The predicted molar refractivity (Wildman–Crippen MR) is 62.2 cm³/mol. The molecule has 3 N–H and O–H groups in total. The van der Waals surface area contributed by atoms with Crippen molar-refractivity contribution in [2.45, 2.75) is 39.7 Å². The Hall–Kier alpha value is -1.10. The number of nitrogens with one attached hydrogen (secondary N) is 2. The number of carbonyl (C=O) groups excluding carboxylic acids is 1. The molecule has 16 heavy (non-hydrogen) atoms. The van der Waals surface area contributed by atoms with Gasteiger partial charge in [-0.2, -0.15) is 0 Å². The summed E-state index contributed by atoms with van der Waals surface area (Å²) in [6, 6.07) is 0.120. The third-order valence-corrected chi connectivity index (χ3v) is 2.43. The predicted octanol–water partition coefficient (Wildman–Crippen LogP) is 0.601. The summed E-state index contributed by atoms with van der Waals surface area (Å²) in [5, 5.41) is 14.6. The van der Waals surface area contributed by atoms with Gasteiger partial charge in [0.15, 0.2) is 0 Å². The minimum Gasteiger partial charge on any atom is -0.481 e. The molecule has 94 valence electrons. The average molecular weight is 230 g/mol. The first-order valence-corrected chi connectivity index (χ1v) is 5.74. The van der Waals surface area contributed by atoms with E-state index in [4.69, 9.17) is 5.11 Å². The molecule has 2 atom stereocenters. The number of amides is 1. The Kier molecular flexibility index (Phi) is 7.54. The van der Waals surface area contributed by atoms with Gasteiger partial charge in [-0.1, -0.05) is 13.8 Å². The Balaban J connectivity index is 3.83. The maximum absolute atomic E-state index is 11.4. The molecule has 0 saturated heterocycles. The van der Waals surface area contributed by atoms with Crippen molar-refractivity contribution >= 4 is 11.9 Å². The fourth-order valence-electron chi connectivity index (χ4n) is 1.41. The second kappa shape index (κ2) is 8.10. The van der Waals surface area contributed by atoms with E-state index in [0.717, 1.165) is 6.54 Å². The van der Waals surface area contributed by atoms with Crippen LogP contribution in [0.25, 0.3) is 0 Å². The molecule has 0 fully saturated rings. The molecule has 0 aliphatic heterocycles. The monoisotopic (exact) mass is 230 g/mol. The van der Waals surface area contributed by atoms with Crippen molar-refractivity contribution in [3.05, 3.63) is 0 Å². The van der Waals surface area contributed by atoms with E-state index in [-0.39, 0.29) is 18.5 Å². The van der Waals surface area contributed by atoms with Gasteiger partial charge in [0, 0.05) is 19.0 Å². The molecule has 0 bridgehead atoms. The lowest BCUT2D eigenvalue weighted by Gasteiger charge is -2.14. The van der Waals surface area contributed by atoms with Gasteiger partial charge in [0.25, 0.3) is 0 Å². The molecule has 0 radical (unpaired) electrons. The average Bonchev–Trinajstić information content (AvgIpc) is 2.18. The highest BCUT2D eigenvalue weighted by molar-refractivity contribution is 5.77. The van der Waals surface area contributed by atoms with E-state index in [1.165, 1.54) is 0 Å². The molecule has 0 rings (SSSR count). The Morgan fingerprint density at radius 3 is 2.38 bits per heavy atom. The number of carboxylic acids is 1. The second-order valence-corrected chi connectivity index (χ2v) is 3.91. The summed E-state index contributed by atoms with van der Waals surface area (Å²) in [6.45, 7) is 6.74. The lowest BCUT2D eigenvalue weighted by atomic mass is 10.1. The minimum atomic E-state index is -0.859. The zero-order chi connectivity index (χ0) is 12.6. The van der Waals surface area contributed by atoms with E-state index < -0.39 is 11.9 Å². The van der Waals surface area contributed by atoms with Crippen molar-refractivity contribution in [1.82, 2.24) is 10.6 Å². The van der Waals surface area contributed by atoms with E-state index in [1.54, 1.807) is 6.92 Å². The van der Waals surface area contributed by atoms with Gasteiger partial charge in [-0.3, -0.25) is 9.59 Å². The molecule has 0 spiro atoms. The first-order chi connectivity index (χ1) is 7.51. The van der Waals surface area contributed by atoms with E-state index in [9.17, 15) is 9.59 Å². The number of hydrogen-bond donors (Lipinski definition) is 3. The lowest BCUT2D eigenvalue weighted by molar-refractivity contribution is -0.141. The van der Waals surface area contributed by atoms with Crippen molar-refractivity contribution in [3.8, 4) is 0 Å². The number of aliphatic carboxylic acids is 1. The van der Waals surface area contributed by atoms with Crippen LogP contribution in [0.3, 0.4) is 0 Å². The van der Waals surface area contributed by atoms with Crippen molar-refractivity contribution in [1.29, 1.82) is 0 Å². The molecular weight excluding hydrogens is 208 g/mol. The summed E-state index contributed by atoms with van der Waals surface area (Å²) >= 11 is 0. The summed E-state index contributed by atoms with van der Waals surface area (Å²) in [4.78, 5) is 22.1. The van der Waals surface area contributed by atoms with Crippen LogP contribution in [-0.4, -0.2) is 36.1 Å². The summed E-state index contributed by atoms with van der Waals surface area (Å²) in [6.07, 6.45) is 0.905. The van der Waals surface area contributed by atoms with Crippen molar-refractivity contribution in [2.75, 3.05) is 13.1 Å². The molecule has 0 aliphatic carbocycles. The topological polar surface area (TPSA) is 78.4 Å². The van der Waals surface area contributed by atoms with E-state index in [0.29, 0.717) is 12.8 Å². The highest BCUT2D eigenvalue weighted by Gasteiger charge is 2.16. The molecule has 2 unspecified atom stereocenters. The maximum atomic E-state index is 11.4. The van der Waals surface area contributed by atoms with Crippen LogP contribution >= 0.6 is 0 Å². The van der Waals surface area contributed by atoms with Gasteiger partial charge in [-0.25, -0.2) is 0 Å². The molecule has 0 aromatic heterocycles. The Morgan fingerprint density at radius 1 is 1.31 bits per heavy atom. The smallest absolute Gasteiger partial charge is 0.308 e. The van der Waals surface area contributed by atoms with Crippen LogP contribution in [0.4, 0.5) is 0 Å². The van der Waals surface area contributed by atoms with E-state index >= 15 is 0 Å². The standard InChI is InChI=1S/C11H22N2O3/c1-4-9(11(15)16)7-13-10(14)6-8(3)12-5-2/h8-9,12H,4-7H2,1-3H3,(H,13,14)(H,15,16). The Bertz CT molecular complexity index is 231. The minimum absolute atomic E-state index is 0.104. The van der Waals surface area contributed by atoms with Gasteiger partial charge in [0.1, 0.15) is 0 Å². The summed E-state index contributed by atoms with van der Waals surface area (Å²) < 4.78 is 0. The first kappa shape index (κ1) is 14.9. The van der Waals surface area contributed by atoms with Gasteiger partial charge in [0.2, 0.25) is 5.91 Å². The lowest BCUT2D eigenvalue weighted by Crippen LogP contribution is -2.37. The molecular formula is C11H22N2O3. The molecule has 5 heteroatoms. The fourth-order valence-corrected chi connectivity index (χ4v) is 1.41. The van der Waals surface area contributed by atoms with Gasteiger partial charge < -0.3 is 15.7 Å². The quantitative estimate of drug-likeness (QED) is 0.570. The maximum Gasteiger partial charge on any atom is 0.308 e. The van der Waals surface area contributed by atoms with Crippen LogP contribution in [0, 0.1) is 5.92 Å². The van der Waals surface area contributed by atoms with Crippen molar-refractivity contribution in [3.63, 3.8) is 0 Å². The third-order valence-electron chi connectivity index (χ3n) is 2.43. The Labute approximate surface area is 96.6 Å². The molecule has 1 amide bonds. The van der Waals surface area contributed by atoms with Gasteiger partial charge >= 0.3 is 5.97 Å². The van der Waals surface area contributed by atoms with Crippen LogP contribution in [0.5, 0.6) is 0 Å². The van der Waals surface area contributed by atoms with Crippen molar-refractivity contribution < 1.29 is 14.7 Å². The van der Waals surface area contributed by atoms with Crippen LogP contribution in [0.15, 0.2) is 0 Å². The first-order valence-electron chi connectivity index (χ1n) is 5.74. The number of rotatable bonds is 8. The molecule has 0 aromatic carbocycles. The largest absolute Gasteiger partial charge is 0.481 e. The zero-order valence-corrected chi connectivity index (χ0v) is 10.2. The van der Waals surface area contributed by atoms with Crippen LogP contribution in [0.2, 0.25) is 0 Å². The molecule has 0 saturated carbocycles. The van der Waals surface area contributed by atoms with Crippen LogP contribution in [0.1, 0.15) is 33.6 Å². The van der Waals surface area contributed by atoms with Crippen LogP contribution < -0.4 is 10.6 Å². The normalized spacial score (nSPS) is 14.2. The van der Waals surface area contributed by atoms with E-state index in [2.05, 4.69) is 10.6 Å². The van der Waals surface area contributed by atoms with Gasteiger partial charge in [0.05, 0.1) is 5.92 Å². The van der Waals surface area contributed by atoms with Gasteiger partial charge in [-0.05, 0) is 19.9 Å². The summed E-state index contributed by atoms with van der Waals surface area (Å²) in [7, 11) is 0. The second-order valence-electron chi connectivity index (χ2n) is 3.91. The Morgan fingerprint density at radius 2 is 1.94 bits per heavy atom. The third kappa shape index (κ3) is 6.40.